The first-order chi connectivity index (χ1) is 12.3. The van der Waals surface area contributed by atoms with Crippen LogP contribution in [0.25, 0.3) is 43.4 Å². The zero-order valence-corrected chi connectivity index (χ0v) is 14.3. The first-order valence-electron chi connectivity index (χ1n) is 8.42. The van der Waals surface area contributed by atoms with Crippen molar-refractivity contribution in [1.29, 1.82) is 0 Å². The number of benzene rings is 5. The molecule has 5 aromatic carbocycles. The van der Waals surface area contributed by atoms with Crippen LogP contribution in [-0.4, -0.2) is 0 Å². The molecule has 0 spiro atoms. The number of rotatable bonds is 1. The maximum Gasteiger partial charge on any atom is 0.0563 e. The van der Waals surface area contributed by atoms with Crippen LogP contribution in [0.3, 0.4) is 0 Å². The fraction of sp³-hybridized carbons (Fsp3) is 0. The lowest BCUT2D eigenvalue weighted by Crippen LogP contribution is -1.88. The van der Waals surface area contributed by atoms with E-state index in [4.69, 9.17) is 11.6 Å². The van der Waals surface area contributed by atoms with Gasteiger partial charge in [0.1, 0.15) is 0 Å². The summed E-state index contributed by atoms with van der Waals surface area (Å²) in [4.78, 5) is 0. The van der Waals surface area contributed by atoms with E-state index < -0.39 is 0 Å². The summed E-state index contributed by atoms with van der Waals surface area (Å²) in [6.45, 7) is 0. The van der Waals surface area contributed by atoms with Crippen LogP contribution in [0.5, 0.6) is 0 Å². The van der Waals surface area contributed by atoms with Gasteiger partial charge in [-0.05, 0) is 32.7 Å². The number of halogens is 1. The summed E-state index contributed by atoms with van der Waals surface area (Å²) in [6, 6.07) is 31.9. The predicted molar refractivity (Wildman–Crippen MR) is 109 cm³/mol. The Morgan fingerprint density at radius 3 is 1.56 bits per heavy atom. The van der Waals surface area contributed by atoms with Crippen LogP contribution in [0.15, 0.2) is 91.0 Å². The Bertz CT molecular complexity index is 1190. The number of hydrogen-bond acceptors (Lipinski definition) is 0. The van der Waals surface area contributed by atoms with Crippen molar-refractivity contribution in [1.82, 2.24) is 0 Å². The molecule has 0 saturated heterocycles. The summed E-state index contributed by atoms with van der Waals surface area (Å²) >= 11 is 6.75. The molecule has 1 heteroatoms. The third-order valence-electron chi connectivity index (χ3n) is 4.92. The fourth-order valence-electron chi connectivity index (χ4n) is 3.81. The second-order valence-electron chi connectivity index (χ2n) is 6.31. The van der Waals surface area contributed by atoms with Gasteiger partial charge < -0.3 is 0 Å². The van der Waals surface area contributed by atoms with Gasteiger partial charge in [0.15, 0.2) is 0 Å². The van der Waals surface area contributed by atoms with Gasteiger partial charge in [-0.3, -0.25) is 0 Å². The molecule has 5 rings (SSSR count). The Hall–Kier alpha value is -2.83. The van der Waals surface area contributed by atoms with Crippen LogP contribution < -0.4 is 0 Å². The van der Waals surface area contributed by atoms with Gasteiger partial charge in [0.2, 0.25) is 0 Å². The first kappa shape index (κ1) is 14.5. The zero-order valence-electron chi connectivity index (χ0n) is 13.5. The van der Waals surface area contributed by atoms with Crippen LogP contribution >= 0.6 is 11.6 Å². The van der Waals surface area contributed by atoms with E-state index in [9.17, 15) is 0 Å². The van der Waals surface area contributed by atoms with E-state index in [1.807, 2.05) is 0 Å². The molecular weight excluding hydrogens is 324 g/mol. The van der Waals surface area contributed by atoms with Gasteiger partial charge in [-0.1, -0.05) is 103 Å². The maximum absolute atomic E-state index is 6.75. The minimum Gasteiger partial charge on any atom is -0.0830 e. The minimum absolute atomic E-state index is 0.829. The van der Waals surface area contributed by atoms with Crippen molar-refractivity contribution in [2.24, 2.45) is 0 Å². The summed E-state index contributed by atoms with van der Waals surface area (Å²) in [6.07, 6.45) is 0. The predicted octanol–water partition coefficient (Wildman–Crippen LogP) is 7.47. The van der Waals surface area contributed by atoms with E-state index in [0.29, 0.717) is 0 Å². The van der Waals surface area contributed by atoms with Crippen molar-refractivity contribution in [3.05, 3.63) is 96.0 Å². The van der Waals surface area contributed by atoms with Gasteiger partial charge in [0.25, 0.3) is 0 Å². The standard InChI is InChI=1S/C24H15Cl/c25-24-21-13-5-3-11-19(21)23(20-12-4-6-14-22(20)24)18-15-7-9-16-8-1-2-10-17(16)18/h1-15H. The second kappa shape index (κ2) is 5.61. The lowest BCUT2D eigenvalue weighted by Gasteiger charge is -2.15. The molecule has 0 N–H and O–H groups in total. The Labute approximate surface area is 151 Å². The molecule has 0 aliphatic rings. The van der Waals surface area contributed by atoms with E-state index in [-0.39, 0.29) is 0 Å². The quantitative estimate of drug-likeness (QED) is 0.278. The van der Waals surface area contributed by atoms with Crippen molar-refractivity contribution >= 4 is 43.9 Å². The van der Waals surface area contributed by atoms with Crippen molar-refractivity contribution in [3.63, 3.8) is 0 Å². The van der Waals surface area contributed by atoms with Crippen LogP contribution in [0.4, 0.5) is 0 Å². The molecule has 0 bridgehead atoms. The maximum atomic E-state index is 6.75. The molecule has 0 fully saturated rings. The summed E-state index contributed by atoms with van der Waals surface area (Å²) in [5.74, 6) is 0. The van der Waals surface area contributed by atoms with Gasteiger partial charge in [-0.2, -0.15) is 0 Å². The molecule has 25 heavy (non-hydrogen) atoms. The largest absolute Gasteiger partial charge is 0.0830 e. The molecule has 5 aromatic rings. The third kappa shape index (κ3) is 2.15. The highest BCUT2D eigenvalue weighted by molar-refractivity contribution is 6.42. The fourth-order valence-corrected chi connectivity index (χ4v) is 4.14. The van der Waals surface area contributed by atoms with E-state index >= 15 is 0 Å². The van der Waals surface area contributed by atoms with Crippen LogP contribution in [0.2, 0.25) is 5.02 Å². The van der Waals surface area contributed by atoms with E-state index in [1.54, 1.807) is 0 Å². The van der Waals surface area contributed by atoms with Crippen LogP contribution in [0, 0.1) is 0 Å². The van der Waals surface area contributed by atoms with E-state index in [0.717, 1.165) is 15.8 Å². The van der Waals surface area contributed by atoms with E-state index in [2.05, 4.69) is 91.0 Å². The van der Waals surface area contributed by atoms with Crippen molar-refractivity contribution < 1.29 is 0 Å². The Balaban J connectivity index is 2.06. The molecule has 0 saturated carbocycles. The lowest BCUT2D eigenvalue weighted by atomic mass is 9.89. The monoisotopic (exact) mass is 338 g/mol. The van der Waals surface area contributed by atoms with E-state index in [1.165, 1.54) is 32.7 Å². The molecule has 0 aliphatic heterocycles. The normalized spacial score (nSPS) is 11.4. The molecule has 0 amide bonds. The average molecular weight is 339 g/mol. The molecule has 0 atom stereocenters. The second-order valence-corrected chi connectivity index (χ2v) is 6.68. The zero-order chi connectivity index (χ0) is 16.8. The van der Waals surface area contributed by atoms with Gasteiger partial charge >= 0.3 is 0 Å². The van der Waals surface area contributed by atoms with Crippen LogP contribution in [0.1, 0.15) is 0 Å². The first-order valence-corrected chi connectivity index (χ1v) is 8.79. The highest BCUT2D eigenvalue weighted by Crippen LogP contribution is 2.43. The average Bonchev–Trinajstić information content (AvgIpc) is 2.68. The van der Waals surface area contributed by atoms with Crippen LogP contribution in [-0.2, 0) is 0 Å². The highest BCUT2D eigenvalue weighted by atomic mass is 35.5. The summed E-state index contributed by atoms with van der Waals surface area (Å²) in [7, 11) is 0. The molecule has 118 valence electrons. The molecule has 0 nitrogen and oxygen atoms in total. The molecule has 0 heterocycles. The van der Waals surface area contributed by atoms with Crippen molar-refractivity contribution in [2.45, 2.75) is 0 Å². The Kier molecular flexibility index (Phi) is 3.26. The lowest BCUT2D eigenvalue weighted by molar-refractivity contribution is 1.70. The molecule has 0 radical (unpaired) electrons. The molecule has 0 unspecified atom stereocenters. The van der Waals surface area contributed by atoms with Gasteiger partial charge in [0.05, 0.1) is 5.02 Å². The third-order valence-corrected chi connectivity index (χ3v) is 5.33. The number of hydrogen-bond donors (Lipinski definition) is 0. The topological polar surface area (TPSA) is 0 Å². The molecule has 0 aromatic heterocycles. The number of fused-ring (bicyclic) bond motifs is 3. The smallest absolute Gasteiger partial charge is 0.0563 e. The molecule has 0 aliphatic carbocycles. The van der Waals surface area contributed by atoms with Gasteiger partial charge in [-0.15, -0.1) is 0 Å². The Morgan fingerprint density at radius 1 is 0.440 bits per heavy atom. The summed E-state index contributed by atoms with van der Waals surface area (Å²) < 4.78 is 0. The van der Waals surface area contributed by atoms with Crippen molar-refractivity contribution in [3.8, 4) is 11.1 Å². The minimum atomic E-state index is 0.829. The SMILES string of the molecule is Clc1c2ccccc2c(-c2cccc3ccccc23)c2ccccc12. The molecular formula is C24H15Cl. The van der Waals surface area contributed by atoms with Gasteiger partial charge in [-0.25, -0.2) is 0 Å². The van der Waals surface area contributed by atoms with Gasteiger partial charge in [0, 0.05) is 10.8 Å². The van der Waals surface area contributed by atoms with Crippen molar-refractivity contribution in [2.75, 3.05) is 0 Å². The Morgan fingerprint density at radius 2 is 0.920 bits per heavy atom. The summed E-state index contributed by atoms with van der Waals surface area (Å²) in [5.41, 5.74) is 2.51. The highest BCUT2D eigenvalue weighted by Gasteiger charge is 2.15. The summed E-state index contributed by atoms with van der Waals surface area (Å²) in [5, 5.41) is 7.95.